The van der Waals surface area contributed by atoms with Crippen molar-refractivity contribution in [1.29, 1.82) is 0 Å². The summed E-state index contributed by atoms with van der Waals surface area (Å²) in [5.41, 5.74) is 11.0. The van der Waals surface area contributed by atoms with Crippen molar-refractivity contribution in [2.24, 2.45) is 11.8 Å². The minimum Gasteiger partial charge on any atom is -0.426 e. The van der Waals surface area contributed by atoms with Crippen LogP contribution in [-0.2, 0) is 9.59 Å². The van der Waals surface area contributed by atoms with E-state index in [1.807, 2.05) is 52.0 Å². The van der Waals surface area contributed by atoms with Crippen LogP contribution in [-0.4, -0.2) is 11.9 Å². The Balaban J connectivity index is 1.83. The zero-order chi connectivity index (χ0) is 42.0. The van der Waals surface area contributed by atoms with E-state index >= 15 is 0 Å². The molecule has 6 aromatic carbocycles. The molecule has 6 aromatic rings. The summed E-state index contributed by atoms with van der Waals surface area (Å²) in [6, 6.07) is 39.3. The standard InChI is InChI=1S/C52H56O4P2/c1-31(2)51(53)55-45-15-13-17-47(57(41-23-33(5)19-34(6)24-41)42-25-35(7)20-36(8)26-42)49(45)50-46(56-52(54)32(3)4)16-14-18-48(50)58(43-27-37(9)21-38(10)28-43)44-29-39(11)22-40(12)30-44/h13-32H,1-12H3. The van der Waals surface area contributed by atoms with Crippen molar-refractivity contribution in [3.05, 3.63) is 154 Å². The van der Waals surface area contributed by atoms with Gasteiger partial charge in [-0.05, 0) is 115 Å². The summed E-state index contributed by atoms with van der Waals surface area (Å²) >= 11 is 0. The van der Waals surface area contributed by atoms with Crippen LogP contribution >= 0.6 is 15.8 Å². The lowest BCUT2D eigenvalue weighted by Crippen LogP contribution is -2.28. The van der Waals surface area contributed by atoms with Gasteiger partial charge in [-0.25, -0.2) is 0 Å². The van der Waals surface area contributed by atoms with Crippen molar-refractivity contribution < 1.29 is 19.1 Å². The molecule has 0 heterocycles. The maximum Gasteiger partial charge on any atom is 0.313 e. The summed E-state index contributed by atoms with van der Waals surface area (Å²) < 4.78 is 13.0. The molecular weight excluding hydrogens is 751 g/mol. The van der Waals surface area contributed by atoms with E-state index in [1.165, 1.54) is 65.7 Å². The lowest BCUT2D eigenvalue weighted by molar-refractivity contribution is -0.138. The summed E-state index contributed by atoms with van der Waals surface area (Å²) in [7, 11) is -2.48. The van der Waals surface area contributed by atoms with Gasteiger partial charge in [-0.15, -0.1) is 0 Å². The Labute approximate surface area is 348 Å². The van der Waals surface area contributed by atoms with Gasteiger partial charge in [-0.3, -0.25) is 9.59 Å². The molecule has 0 atom stereocenters. The van der Waals surface area contributed by atoms with Crippen LogP contribution in [0.15, 0.2) is 109 Å². The lowest BCUT2D eigenvalue weighted by Gasteiger charge is -2.29. The first kappa shape index (κ1) is 42.7. The number of ether oxygens (including phenoxy) is 2. The van der Waals surface area contributed by atoms with Crippen LogP contribution in [0.25, 0.3) is 11.1 Å². The van der Waals surface area contributed by atoms with Crippen molar-refractivity contribution in [2.75, 3.05) is 0 Å². The molecule has 0 aromatic heterocycles. The van der Waals surface area contributed by atoms with E-state index in [0.29, 0.717) is 11.5 Å². The predicted molar refractivity (Wildman–Crippen MR) is 248 cm³/mol. The van der Waals surface area contributed by atoms with Gasteiger partial charge in [-0.2, -0.15) is 0 Å². The Kier molecular flexibility index (Phi) is 13.2. The molecule has 0 radical (unpaired) electrons. The van der Waals surface area contributed by atoms with E-state index in [9.17, 15) is 9.59 Å². The van der Waals surface area contributed by atoms with Crippen molar-refractivity contribution in [1.82, 2.24) is 0 Å². The fourth-order valence-corrected chi connectivity index (χ4v) is 13.4. The van der Waals surface area contributed by atoms with Gasteiger partial charge >= 0.3 is 11.9 Å². The van der Waals surface area contributed by atoms with E-state index in [4.69, 9.17) is 9.47 Å². The zero-order valence-corrected chi connectivity index (χ0v) is 37.9. The normalized spacial score (nSPS) is 11.5. The Morgan fingerprint density at radius 3 is 0.862 bits per heavy atom. The molecule has 0 saturated carbocycles. The maximum absolute atomic E-state index is 13.8. The molecule has 6 rings (SSSR count). The molecule has 298 valence electrons. The molecule has 0 unspecified atom stereocenters. The Bertz CT molecular complexity index is 2150. The second kappa shape index (κ2) is 17.9. The summed E-state index contributed by atoms with van der Waals surface area (Å²) in [6.07, 6.45) is 0. The van der Waals surface area contributed by atoms with Gasteiger partial charge in [0, 0.05) is 11.1 Å². The van der Waals surface area contributed by atoms with Crippen LogP contribution in [0.1, 0.15) is 72.2 Å². The SMILES string of the molecule is Cc1cc(C)cc(P(c2cc(C)cc(C)c2)c2cccc(OC(=O)C(C)C)c2-c2c(OC(=O)C(C)C)cccc2P(c2cc(C)cc(C)c2)c2cc(C)cc(C)c2)c1. The van der Waals surface area contributed by atoms with Crippen LogP contribution in [0.3, 0.4) is 0 Å². The average Bonchev–Trinajstić information content (AvgIpc) is 3.11. The number of rotatable bonds is 11. The van der Waals surface area contributed by atoms with Gasteiger partial charge in [0.1, 0.15) is 11.5 Å². The molecule has 0 aliphatic rings. The third-order valence-electron chi connectivity index (χ3n) is 9.96. The third-order valence-corrected chi connectivity index (χ3v) is 14.8. The topological polar surface area (TPSA) is 52.6 Å². The van der Waals surface area contributed by atoms with Gasteiger partial charge < -0.3 is 9.47 Å². The van der Waals surface area contributed by atoms with Crippen molar-refractivity contribution in [2.45, 2.75) is 83.1 Å². The number of hydrogen-bond acceptors (Lipinski definition) is 4. The lowest BCUT2D eigenvalue weighted by atomic mass is 10.0. The maximum atomic E-state index is 13.8. The molecule has 58 heavy (non-hydrogen) atoms. The molecular formula is C52H56O4P2. The fraction of sp³-hybridized carbons (Fsp3) is 0.269. The third kappa shape index (κ3) is 9.69. The zero-order valence-electron chi connectivity index (χ0n) is 36.1. The molecule has 4 nitrogen and oxygen atoms in total. The number of carbonyl (C=O) groups excluding carboxylic acids is 2. The van der Waals surface area contributed by atoms with E-state index < -0.39 is 15.8 Å². The van der Waals surface area contributed by atoms with E-state index in [0.717, 1.165) is 21.7 Å². The van der Waals surface area contributed by atoms with E-state index in [-0.39, 0.29) is 23.8 Å². The minimum absolute atomic E-state index is 0.329. The molecule has 0 aliphatic heterocycles. The number of carbonyl (C=O) groups is 2. The smallest absolute Gasteiger partial charge is 0.313 e. The highest BCUT2D eigenvalue weighted by Crippen LogP contribution is 2.48. The Hall–Kier alpha value is -4.88. The molecule has 0 fully saturated rings. The molecule has 0 amide bonds. The van der Waals surface area contributed by atoms with Crippen molar-refractivity contribution in [3.8, 4) is 22.6 Å². The predicted octanol–water partition coefficient (Wildman–Crippen LogP) is 10.5. The number of aryl methyl sites for hydroxylation is 8. The van der Waals surface area contributed by atoms with Crippen molar-refractivity contribution >= 4 is 59.6 Å². The van der Waals surface area contributed by atoms with Gasteiger partial charge in [0.15, 0.2) is 0 Å². The summed E-state index contributed by atoms with van der Waals surface area (Å²) in [5.74, 6) is -0.500. The highest BCUT2D eigenvalue weighted by atomic mass is 31.1. The summed E-state index contributed by atoms with van der Waals surface area (Å²) in [4.78, 5) is 27.5. The Morgan fingerprint density at radius 1 is 0.397 bits per heavy atom. The minimum atomic E-state index is -1.24. The number of benzene rings is 6. The molecule has 0 spiro atoms. The summed E-state index contributed by atoms with van der Waals surface area (Å²) in [5, 5.41) is 6.80. The average molecular weight is 807 g/mol. The quantitative estimate of drug-likeness (QED) is 0.0744. The second-order valence-electron chi connectivity index (χ2n) is 16.5. The summed E-state index contributed by atoms with van der Waals surface area (Å²) in [6.45, 7) is 24.6. The molecule has 0 N–H and O–H groups in total. The van der Waals surface area contributed by atoms with Gasteiger partial charge in [0.25, 0.3) is 0 Å². The van der Waals surface area contributed by atoms with Crippen LogP contribution in [0, 0.1) is 67.2 Å². The first-order valence-corrected chi connectivity index (χ1v) is 22.8. The van der Waals surface area contributed by atoms with Crippen LogP contribution in [0.5, 0.6) is 11.5 Å². The van der Waals surface area contributed by atoms with E-state index in [2.05, 4.69) is 140 Å². The molecule has 0 bridgehead atoms. The number of hydrogen-bond donors (Lipinski definition) is 0. The highest BCUT2D eigenvalue weighted by molar-refractivity contribution is 7.80. The largest absolute Gasteiger partial charge is 0.426 e. The van der Waals surface area contributed by atoms with Crippen LogP contribution < -0.4 is 41.3 Å². The highest BCUT2D eigenvalue weighted by Gasteiger charge is 2.32. The molecule has 0 aliphatic carbocycles. The van der Waals surface area contributed by atoms with Crippen LogP contribution in [0.2, 0.25) is 0 Å². The van der Waals surface area contributed by atoms with E-state index in [1.54, 1.807) is 0 Å². The second-order valence-corrected chi connectivity index (χ2v) is 20.9. The first-order valence-electron chi connectivity index (χ1n) is 20.1. The van der Waals surface area contributed by atoms with Crippen molar-refractivity contribution in [3.63, 3.8) is 0 Å². The van der Waals surface area contributed by atoms with Crippen LogP contribution in [0.4, 0.5) is 0 Å². The monoisotopic (exact) mass is 806 g/mol. The van der Waals surface area contributed by atoms with Gasteiger partial charge in [0.2, 0.25) is 0 Å². The van der Waals surface area contributed by atoms with Gasteiger partial charge in [-0.1, -0.05) is 169 Å². The Morgan fingerprint density at radius 2 is 0.638 bits per heavy atom. The molecule has 0 saturated heterocycles. The molecule has 6 heteroatoms. The first-order chi connectivity index (χ1) is 27.5. The van der Waals surface area contributed by atoms with Gasteiger partial charge in [0.05, 0.1) is 11.8 Å². The fourth-order valence-electron chi connectivity index (χ4n) is 7.71. The number of esters is 2.